The minimum Gasteiger partial charge on any atom is -0.293 e. The van der Waals surface area contributed by atoms with Gasteiger partial charge in [-0.3, -0.25) is 9.59 Å². The molecule has 0 saturated heterocycles. The lowest BCUT2D eigenvalue weighted by molar-refractivity contribution is 0.0890. The Morgan fingerprint density at radius 3 is 2.05 bits per heavy atom. The van der Waals surface area contributed by atoms with E-state index in [1.165, 1.54) is 12.1 Å². The van der Waals surface area contributed by atoms with Crippen LogP contribution in [0, 0.1) is 5.82 Å². The molecule has 0 bridgehead atoms. The summed E-state index contributed by atoms with van der Waals surface area (Å²) in [6.07, 6.45) is 0. The molecule has 4 heteroatoms. The van der Waals surface area contributed by atoms with Crippen LogP contribution >= 0.6 is 15.9 Å². The summed E-state index contributed by atoms with van der Waals surface area (Å²) in [6.45, 7) is 0. The van der Waals surface area contributed by atoms with Gasteiger partial charge in [0, 0.05) is 11.1 Å². The number of halogens is 2. The summed E-state index contributed by atoms with van der Waals surface area (Å²) < 4.78 is 13.9. The highest BCUT2D eigenvalue weighted by atomic mass is 79.9. The quantitative estimate of drug-likeness (QED) is 0.750. The number of carbonyl (C=O) groups excluding carboxylic acids is 2. The summed E-state index contributed by atoms with van der Waals surface area (Å²) in [7, 11) is 0. The number of hydrogen-bond donors (Lipinski definition) is 0. The summed E-state index contributed by atoms with van der Waals surface area (Å²) in [6, 6.07) is 11.0. The molecular formula is C15H8BrFO2. The summed E-state index contributed by atoms with van der Waals surface area (Å²) in [4.78, 5) is 24.5. The first kappa shape index (κ1) is 12.2. The van der Waals surface area contributed by atoms with Gasteiger partial charge < -0.3 is 0 Å². The minimum atomic E-state index is -0.917. The minimum absolute atomic E-state index is 0.262. The van der Waals surface area contributed by atoms with Gasteiger partial charge in [-0.2, -0.15) is 0 Å². The predicted octanol–water partition coefficient (Wildman–Crippen LogP) is 3.75. The molecule has 0 saturated carbocycles. The normalized spacial score (nSPS) is 14.8. The molecule has 1 aliphatic rings. The molecule has 94 valence electrons. The van der Waals surface area contributed by atoms with E-state index in [1.807, 2.05) is 0 Å². The lowest BCUT2D eigenvalue weighted by atomic mass is 9.94. The predicted molar refractivity (Wildman–Crippen MR) is 71.9 cm³/mol. The van der Waals surface area contributed by atoms with Gasteiger partial charge in [0.2, 0.25) is 0 Å². The van der Waals surface area contributed by atoms with Crippen LogP contribution in [0.3, 0.4) is 0 Å². The van der Waals surface area contributed by atoms with Crippen molar-refractivity contribution in [2.75, 3.05) is 0 Å². The monoisotopic (exact) mass is 318 g/mol. The Kier molecular flexibility index (Phi) is 2.82. The van der Waals surface area contributed by atoms with E-state index in [0.29, 0.717) is 21.2 Å². The molecular weight excluding hydrogens is 311 g/mol. The van der Waals surface area contributed by atoms with Gasteiger partial charge in [0.15, 0.2) is 11.6 Å². The van der Waals surface area contributed by atoms with Crippen molar-refractivity contribution in [2.24, 2.45) is 0 Å². The van der Waals surface area contributed by atoms with Crippen LogP contribution in [0.2, 0.25) is 0 Å². The molecule has 19 heavy (non-hydrogen) atoms. The van der Waals surface area contributed by atoms with E-state index >= 15 is 0 Å². The molecule has 0 atom stereocenters. The van der Waals surface area contributed by atoms with Gasteiger partial charge in [0.1, 0.15) is 11.7 Å². The molecule has 0 spiro atoms. The third-order valence-electron chi connectivity index (χ3n) is 3.26. The molecule has 2 aromatic carbocycles. The van der Waals surface area contributed by atoms with Gasteiger partial charge in [0.25, 0.3) is 0 Å². The fraction of sp³-hybridized carbons (Fsp3) is 0.0667. The van der Waals surface area contributed by atoms with Crippen LogP contribution in [0.15, 0.2) is 46.9 Å². The zero-order valence-electron chi connectivity index (χ0n) is 9.69. The summed E-state index contributed by atoms with van der Waals surface area (Å²) in [5, 5.41) is 0. The van der Waals surface area contributed by atoms with Crippen molar-refractivity contribution in [1.29, 1.82) is 0 Å². The molecule has 1 aliphatic carbocycles. The largest absolute Gasteiger partial charge is 0.293 e. The van der Waals surface area contributed by atoms with Gasteiger partial charge in [-0.05, 0) is 33.6 Å². The van der Waals surface area contributed by atoms with E-state index in [-0.39, 0.29) is 11.6 Å². The molecule has 0 unspecified atom stereocenters. The molecule has 2 aromatic rings. The zero-order valence-corrected chi connectivity index (χ0v) is 11.3. The van der Waals surface area contributed by atoms with Crippen molar-refractivity contribution in [3.63, 3.8) is 0 Å². The molecule has 0 aromatic heterocycles. The fourth-order valence-corrected chi connectivity index (χ4v) is 2.58. The summed E-state index contributed by atoms with van der Waals surface area (Å²) >= 11 is 3.05. The molecule has 0 aliphatic heterocycles. The first-order valence-corrected chi connectivity index (χ1v) is 6.51. The SMILES string of the molecule is O=C1c2ccccc2C(=O)C1c1ccc(Br)c(F)c1. The first-order chi connectivity index (χ1) is 9.09. The average molecular weight is 319 g/mol. The third kappa shape index (κ3) is 1.83. The van der Waals surface area contributed by atoms with Gasteiger partial charge >= 0.3 is 0 Å². The van der Waals surface area contributed by atoms with Gasteiger partial charge in [-0.25, -0.2) is 4.39 Å². The van der Waals surface area contributed by atoms with Crippen molar-refractivity contribution >= 4 is 27.5 Å². The van der Waals surface area contributed by atoms with E-state index in [0.717, 1.165) is 0 Å². The van der Waals surface area contributed by atoms with Crippen LogP contribution in [0.1, 0.15) is 32.2 Å². The number of carbonyl (C=O) groups is 2. The van der Waals surface area contributed by atoms with Gasteiger partial charge in [-0.15, -0.1) is 0 Å². The first-order valence-electron chi connectivity index (χ1n) is 5.72. The Bertz CT molecular complexity index is 674. The highest BCUT2D eigenvalue weighted by Crippen LogP contribution is 2.34. The number of Topliss-reactive ketones (excluding diaryl/α,β-unsaturated/α-hetero) is 2. The second-order valence-electron chi connectivity index (χ2n) is 4.38. The standard InChI is InChI=1S/C15H8BrFO2/c16-11-6-5-8(7-12(11)17)13-14(18)9-3-1-2-4-10(9)15(13)19/h1-7,13H. The number of rotatable bonds is 1. The average Bonchev–Trinajstić information content (AvgIpc) is 2.66. The second-order valence-corrected chi connectivity index (χ2v) is 5.23. The Morgan fingerprint density at radius 2 is 1.53 bits per heavy atom. The molecule has 2 nitrogen and oxygen atoms in total. The van der Waals surface area contributed by atoms with Crippen LogP contribution in [0.5, 0.6) is 0 Å². The van der Waals surface area contributed by atoms with Crippen molar-refractivity contribution < 1.29 is 14.0 Å². The fourth-order valence-electron chi connectivity index (χ4n) is 2.34. The maximum atomic E-state index is 13.5. The highest BCUT2D eigenvalue weighted by molar-refractivity contribution is 9.10. The molecule has 0 amide bonds. The second kappa shape index (κ2) is 4.38. The van der Waals surface area contributed by atoms with E-state index in [4.69, 9.17) is 0 Å². The van der Waals surface area contributed by atoms with Crippen LogP contribution in [-0.2, 0) is 0 Å². The molecule has 0 radical (unpaired) electrons. The molecule has 0 heterocycles. The van der Waals surface area contributed by atoms with Crippen molar-refractivity contribution in [2.45, 2.75) is 5.92 Å². The number of fused-ring (bicyclic) bond motifs is 1. The van der Waals surface area contributed by atoms with Gasteiger partial charge in [0.05, 0.1) is 4.47 Å². The molecule has 0 fully saturated rings. The number of hydrogen-bond acceptors (Lipinski definition) is 2. The maximum Gasteiger partial charge on any atom is 0.178 e. The van der Waals surface area contributed by atoms with Crippen molar-refractivity contribution in [3.05, 3.63) is 69.4 Å². The maximum absolute atomic E-state index is 13.5. The van der Waals surface area contributed by atoms with Crippen molar-refractivity contribution in [1.82, 2.24) is 0 Å². The Balaban J connectivity index is 2.11. The molecule has 3 rings (SSSR count). The lowest BCUT2D eigenvalue weighted by Crippen LogP contribution is -2.13. The Hall–Kier alpha value is -1.81. The third-order valence-corrected chi connectivity index (χ3v) is 3.90. The Labute approximate surface area is 117 Å². The number of ketones is 2. The number of benzene rings is 2. The van der Waals surface area contributed by atoms with E-state index in [1.54, 1.807) is 30.3 Å². The highest BCUT2D eigenvalue weighted by Gasteiger charge is 2.39. The summed E-state index contributed by atoms with van der Waals surface area (Å²) in [5.74, 6) is -1.92. The topological polar surface area (TPSA) is 34.1 Å². The lowest BCUT2D eigenvalue weighted by Gasteiger charge is -2.07. The van der Waals surface area contributed by atoms with E-state index in [2.05, 4.69) is 15.9 Å². The Morgan fingerprint density at radius 1 is 0.947 bits per heavy atom. The zero-order chi connectivity index (χ0) is 13.6. The van der Waals surface area contributed by atoms with Crippen LogP contribution in [-0.4, -0.2) is 11.6 Å². The van der Waals surface area contributed by atoms with Crippen LogP contribution in [0.4, 0.5) is 4.39 Å². The smallest absolute Gasteiger partial charge is 0.178 e. The van der Waals surface area contributed by atoms with Gasteiger partial charge in [-0.1, -0.05) is 30.3 Å². The van der Waals surface area contributed by atoms with Crippen LogP contribution in [0.25, 0.3) is 0 Å². The van der Waals surface area contributed by atoms with Crippen LogP contribution < -0.4 is 0 Å². The summed E-state index contributed by atoms with van der Waals surface area (Å²) in [5.41, 5.74) is 1.23. The molecule has 0 N–H and O–H groups in total. The van der Waals surface area contributed by atoms with E-state index < -0.39 is 11.7 Å². The van der Waals surface area contributed by atoms with E-state index in [9.17, 15) is 14.0 Å². The van der Waals surface area contributed by atoms with Crippen molar-refractivity contribution in [3.8, 4) is 0 Å².